The highest BCUT2D eigenvalue weighted by Crippen LogP contribution is 1.99. The van der Waals surface area contributed by atoms with Crippen LogP contribution in [0.5, 0.6) is 0 Å². The van der Waals surface area contributed by atoms with Gasteiger partial charge in [0.15, 0.2) is 0 Å². The van der Waals surface area contributed by atoms with Gasteiger partial charge in [-0.15, -0.1) is 0 Å². The maximum absolute atomic E-state index is 11.8. The number of aromatic amines is 1. The maximum Gasteiger partial charge on any atom is 0.338 e. The van der Waals surface area contributed by atoms with Gasteiger partial charge in [0.2, 0.25) is 4.80 Å². The van der Waals surface area contributed by atoms with E-state index in [0.29, 0.717) is 5.56 Å². The quantitative estimate of drug-likeness (QED) is 0.852. The minimum absolute atomic E-state index is 0.139. The van der Waals surface area contributed by atoms with Gasteiger partial charge in [-0.2, -0.15) is 10.3 Å². The van der Waals surface area contributed by atoms with Gasteiger partial charge in [-0.25, -0.2) is 4.79 Å². The van der Waals surface area contributed by atoms with Gasteiger partial charge in [-0.1, -0.05) is 18.2 Å². The highest BCUT2D eigenvalue weighted by Gasteiger charge is 2.06. The Bertz CT molecular complexity index is 718. The number of amides is 1. The van der Waals surface area contributed by atoms with Crippen LogP contribution in [0.2, 0.25) is 0 Å². The summed E-state index contributed by atoms with van der Waals surface area (Å²) in [6.07, 6.45) is 0. The third kappa shape index (κ3) is 2.44. The molecule has 0 saturated heterocycles. The summed E-state index contributed by atoms with van der Waals surface area (Å²) in [5.41, 5.74) is -0.0111. The lowest BCUT2D eigenvalue weighted by molar-refractivity contribution is 0.0998. The fourth-order valence-corrected chi connectivity index (χ4v) is 1.99. The smallest absolute Gasteiger partial charge is 0.267 e. The van der Waals surface area contributed by atoms with E-state index in [1.54, 1.807) is 30.3 Å². The first kappa shape index (κ1) is 12.0. The van der Waals surface area contributed by atoms with Gasteiger partial charge in [0.1, 0.15) is 6.54 Å². The number of H-pyrrole nitrogens is 1. The van der Waals surface area contributed by atoms with Crippen LogP contribution in [0.3, 0.4) is 0 Å². The minimum Gasteiger partial charge on any atom is -0.267 e. The van der Waals surface area contributed by atoms with Crippen molar-refractivity contribution < 1.29 is 4.79 Å². The van der Waals surface area contributed by atoms with Crippen molar-refractivity contribution in [1.82, 2.24) is 8.94 Å². The molecule has 1 amide bonds. The summed E-state index contributed by atoms with van der Waals surface area (Å²) in [6.45, 7) is -0.139. The summed E-state index contributed by atoms with van der Waals surface area (Å²) in [7, 11) is 0. The van der Waals surface area contributed by atoms with E-state index >= 15 is 0 Å². The number of aromatic nitrogens is 2. The second-order valence-electron chi connectivity index (χ2n) is 3.32. The molecule has 0 aliphatic carbocycles. The van der Waals surface area contributed by atoms with Crippen LogP contribution in [0.15, 0.2) is 40.1 Å². The molecule has 90 valence electrons. The molecular formula is C11H8N4O2S. The minimum atomic E-state index is -0.447. The predicted octanol–water partition coefficient (Wildman–Crippen LogP) is 0.503. The Labute approximate surface area is 106 Å². The zero-order valence-corrected chi connectivity index (χ0v) is 9.98. The van der Waals surface area contributed by atoms with Gasteiger partial charge in [0.05, 0.1) is 6.07 Å². The van der Waals surface area contributed by atoms with Gasteiger partial charge >= 0.3 is 5.69 Å². The molecule has 0 bridgehead atoms. The number of hydrogen-bond donors (Lipinski definition) is 1. The van der Waals surface area contributed by atoms with Crippen molar-refractivity contribution >= 4 is 17.4 Å². The van der Waals surface area contributed by atoms with Crippen LogP contribution >= 0.6 is 11.5 Å². The van der Waals surface area contributed by atoms with Crippen molar-refractivity contribution in [2.24, 2.45) is 4.99 Å². The zero-order chi connectivity index (χ0) is 13.0. The highest BCUT2D eigenvalue weighted by atomic mass is 32.1. The van der Waals surface area contributed by atoms with Crippen LogP contribution in [0.25, 0.3) is 0 Å². The molecule has 1 aromatic heterocycles. The van der Waals surface area contributed by atoms with E-state index in [1.165, 1.54) is 0 Å². The summed E-state index contributed by atoms with van der Waals surface area (Å²) in [4.78, 5) is 27.2. The number of rotatable bonds is 2. The molecule has 0 radical (unpaired) electrons. The Morgan fingerprint density at radius 2 is 2.17 bits per heavy atom. The largest absolute Gasteiger partial charge is 0.338 e. The SMILES string of the molecule is N#CCn1c(=O)[nH]sc1=NC(=O)c1ccccc1. The van der Waals surface area contributed by atoms with Crippen LogP contribution in [0.1, 0.15) is 10.4 Å². The molecule has 2 aromatic rings. The lowest BCUT2D eigenvalue weighted by Crippen LogP contribution is -2.26. The van der Waals surface area contributed by atoms with Crippen LogP contribution in [0.4, 0.5) is 0 Å². The van der Waals surface area contributed by atoms with Crippen LogP contribution in [0, 0.1) is 11.3 Å². The highest BCUT2D eigenvalue weighted by molar-refractivity contribution is 7.02. The molecule has 7 heteroatoms. The van der Waals surface area contributed by atoms with E-state index in [2.05, 4.69) is 9.37 Å². The summed E-state index contributed by atoms with van der Waals surface area (Å²) in [6, 6.07) is 10.4. The van der Waals surface area contributed by atoms with Crippen LogP contribution < -0.4 is 10.5 Å². The Morgan fingerprint density at radius 3 is 2.83 bits per heavy atom. The number of benzene rings is 1. The van der Waals surface area contributed by atoms with Gasteiger partial charge in [-0.3, -0.25) is 13.7 Å². The summed E-state index contributed by atoms with van der Waals surface area (Å²) in [5, 5.41) is 8.59. The van der Waals surface area contributed by atoms with Crippen molar-refractivity contribution in [3.63, 3.8) is 0 Å². The summed E-state index contributed by atoms with van der Waals surface area (Å²) >= 11 is 0.926. The third-order valence-electron chi connectivity index (χ3n) is 2.15. The third-order valence-corrected chi connectivity index (χ3v) is 2.92. The van der Waals surface area contributed by atoms with Gasteiger partial charge < -0.3 is 0 Å². The van der Waals surface area contributed by atoms with Crippen LogP contribution in [-0.4, -0.2) is 14.8 Å². The first-order chi connectivity index (χ1) is 8.72. The molecule has 0 aliphatic heterocycles. The standard InChI is InChI=1S/C11H8N4O2S/c12-6-7-15-10(17)14-18-11(15)13-9(16)8-4-2-1-3-5-8/h1-5H,7H2,(H,14,17). The molecule has 1 N–H and O–H groups in total. The van der Waals surface area contributed by atoms with Gasteiger partial charge in [-0.05, 0) is 23.7 Å². The van der Waals surface area contributed by atoms with Crippen LogP contribution in [-0.2, 0) is 6.54 Å². The fourth-order valence-electron chi connectivity index (χ4n) is 1.31. The van der Waals surface area contributed by atoms with E-state index in [0.717, 1.165) is 16.1 Å². The second-order valence-corrected chi connectivity index (χ2v) is 4.09. The molecular weight excluding hydrogens is 252 g/mol. The summed E-state index contributed by atoms with van der Waals surface area (Å²) < 4.78 is 3.55. The molecule has 18 heavy (non-hydrogen) atoms. The zero-order valence-electron chi connectivity index (χ0n) is 9.16. The van der Waals surface area contributed by atoms with Gasteiger partial charge in [0.25, 0.3) is 5.91 Å². The predicted molar refractivity (Wildman–Crippen MR) is 64.9 cm³/mol. The van der Waals surface area contributed by atoms with E-state index in [-0.39, 0.29) is 11.3 Å². The monoisotopic (exact) mass is 260 g/mol. The molecule has 0 saturated carbocycles. The van der Waals surface area contributed by atoms with Crippen molar-refractivity contribution in [1.29, 1.82) is 5.26 Å². The maximum atomic E-state index is 11.8. The Kier molecular flexibility index (Phi) is 3.50. The van der Waals surface area contributed by atoms with E-state index in [9.17, 15) is 9.59 Å². The first-order valence-corrected chi connectivity index (χ1v) is 5.83. The normalized spacial score (nSPS) is 11.2. The van der Waals surface area contributed by atoms with Crippen molar-refractivity contribution in [2.45, 2.75) is 6.54 Å². The molecule has 0 unspecified atom stereocenters. The molecule has 0 fully saturated rings. The number of nitrogens with one attached hydrogen (secondary N) is 1. The molecule has 6 nitrogen and oxygen atoms in total. The van der Waals surface area contributed by atoms with E-state index in [4.69, 9.17) is 5.26 Å². The average Bonchev–Trinajstić information content (AvgIpc) is 2.73. The average molecular weight is 260 g/mol. The number of hydrogen-bond acceptors (Lipinski definition) is 4. The Balaban J connectivity index is 2.44. The topological polar surface area (TPSA) is 91.0 Å². The molecule has 0 atom stereocenters. The van der Waals surface area contributed by atoms with Gasteiger partial charge in [0, 0.05) is 5.56 Å². The number of carbonyl (C=O) groups is 1. The Hall–Kier alpha value is -2.46. The Morgan fingerprint density at radius 1 is 1.44 bits per heavy atom. The molecule has 1 heterocycles. The number of carbonyl (C=O) groups excluding carboxylic acids is 1. The molecule has 0 spiro atoms. The van der Waals surface area contributed by atoms with Crippen molar-refractivity contribution in [3.8, 4) is 6.07 Å². The lowest BCUT2D eigenvalue weighted by atomic mass is 10.2. The fraction of sp³-hybridized carbons (Fsp3) is 0.0909. The molecule has 2 rings (SSSR count). The summed E-state index contributed by atoms with van der Waals surface area (Å²) in [5.74, 6) is -0.447. The molecule has 0 aliphatic rings. The number of nitrogens with zero attached hydrogens (tertiary/aromatic N) is 3. The van der Waals surface area contributed by atoms with E-state index in [1.807, 2.05) is 6.07 Å². The first-order valence-electron chi connectivity index (χ1n) is 5.01. The van der Waals surface area contributed by atoms with Crippen molar-refractivity contribution in [2.75, 3.05) is 0 Å². The number of nitriles is 1. The second kappa shape index (κ2) is 5.25. The molecule has 1 aromatic carbocycles. The van der Waals surface area contributed by atoms with E-state index < -0.39 is 11.6 Å². The lowest BCUT2D eigenvalue weighted by Gasteiger charge is -1.93. The van der Waals surface area contributed by atoms with Crippen molar-refractivity contribution in [3.05, 3.63) is 51.2 Å².